The summed E-state index contributed by atoms with van der Waals surface area (Å²) in [7, 11) is -0.399. The molecule has 1 aliphatic heterocycles. The summed E-state index contributed by atoms with van der Waals surface area (Å²) in [5.41, 5.74) is 12.1. The zero-order chi connectivity index (χ0) is 16.7. The van der Waals surface area contributed by atoms with Crippen molar-refractivity contribution in [3.8, 4) is 0 Å². The van der Waals surface area contributed by atoms with Crippen molar-refractivity contribution < 1.29 is 9.31 Å². The first-order valence-electron chi connectivity index (χ1n) is 7.25. The van der Waals surface area contributed by atoms with E-state index in [2.05, 4.69) is 45.6 Å². The molecule has 0 N–H and O–H groups in total. The van der Waals surface area contributed by atoms with E-state index in [1.807, 2.05) is 34.6 Å². The van der Waals surface area contributed by atoms with Gasteiger partial charge in [-0.2, -0.15) is 0 Å². The first-order valence-corrected chi connectivity index (χ1v) is 8.33. The number of azide groups is 1. The van der Waals surface area contributed by atoms with E-state index in [-0.39, 0.29) is 11.2 Å². The Morgan fingerprint density at radius 2 is 1.73 bits per heavy atom. The van der Waals surface area contributed by atoms with Gasteiger partial charge in [-0.3, -0.25) is 0 Å². The summed E-state index contributed by atoms with van der Waals surface area (Å²) in [6.45, 7) is 12.6. The summed E-state index contributed by atoms with van der Waals surface area (Å²) >= 11 is 2.30. The molecule has 7 heteroatoms. The molecule has 1 aromatic carbocycles. The van der Waals surface area contributed by atoms with Gasteiger partial charge in [0, 0.05) is 8.48 Å². The molecule has 118 valence electrons. The molecule has 2 rings (SSSR count). The lowest BCUT2D eigenvalue weighted by molar-refractivity contribution is 0.00578. The Balaban J connectivity index is 2.52. The highest BCUT2D eigenvalue weighted by molar-refractivity contribution is 14.1. The molecule has 0 unspecified atom stereocenters. The Hall–Kier alpha value is -0.755. The van der Waals surface area contributed by atoms with Crippen molar-refractivity contribution >= 4 is 35.2 Å². The quantitative estimate of drug-likeness (QED) is 0.247. The van der Waals surface area contributed by atoms with E-state index in [1.54, 1.807) is 0 Å². The monoisotopic (exact) mass is 413 g/mol. The van der Waals surface area contributed by atoms with Crippen molar-refractivity contribution in [2.45, 2.75) is 59.3 Å². The molecule has 1 aliphatic rings. The van der Waals surface area contributed by atoms with Gasteiger partial charge in [-0.25, -0.2) is 0 Å². The standard InChI is InChI=1S/C15H21BIN3O2/c1-9-11(8-19-20-18)7-12(17)10(2)13(9)16-21-14(3,4)15(5,6)22-16/h7H,8H2,1-6H3. The zero-order valence-corrected chi connectivity index (χ0v) is 16.1. The number of hydrogen-bond acceptors (Lipinski definition) is 3. The van der Waals surface area contributed by atoms with Gasteiger partial charge in [0.1, 0.15) is 0 Å². The third-order valence-electron chi connectivity index (χ3n) is 4.74. The molecule has 0 aromatic heterocycles. The van der Waals surface area contributed by atoms with Crippen molar-refractivity contribution in [2.24, 2.45) is 5.11 Å². The Morgan fingerprint density at radius 1 is 1.18 bits per heavy atom. The van der Waals surface area contributed by atoms with Crippen molar-refractivity contribution in [3.63, 3.8) is 0 Å². The minimum absolute atomic E-state index is 0.338. The largest absolute Gasteiger partial charge is 0.495 e. The maximum Gasteiger partial charge on any atom is 0.495 e. The van der Waals surface area contributed by atoms with E-state index in [0.29, 0.717) is 6.54 Å². The summed E-state index contributed by atoms with van der Waals surface area (Å²) in [4.78, 5) is 2.86. The normalized spacial score (nSPS) is 19.1. The summed E-state index contributed by atoms with van der Waals surface area (Å²) < 4.78 is 13.5. The van der Waals surface area contributed by atoms with Crippen molar-refractivity contribution in [2.75, 3.05) is 0 Å². The topological polar surface area (TPSA) is 67.2 Å². The smallest absolute Gasteiger partial charge is 0.399 e. The van der Waals surface area contributed by atoms with Gasteiger partial charge in [-0.15, -0.1) is 0 Å². The average molecular weight is 413 g/mol. The molecular formula is C15H21BIN3O2. The summed E-state index contributed by atoms with van der Waals surface area (Å²) in [5.74, 6) is 0. The lowest BCUT2D eigenvalue weighted by Gasteiger charge is -2.32. The Morgan fingerprint density at radius 3 is 2.23 bits per heavy atom. The summed E-state index contributed by atoms with van der Waals surface area (Å²) in [5, 5.41) is 3.69. The van der Waals surface area contributed by atoms with Crippen LogP contribution in [0.2, 0.25) is 0 Å². The molecule has 0 amide bonds. The number of rotatable bonds is 3. The molecule has 0 atom stereocenters. The van der Waals surface area contributed by atoms with Crippen LogP contribution in [0.15, 0.2) is 11.2 Å². The molecule has 5 nitrogen and oxygen atoms in total. The second kappa shape index (κ2) is 6.04. The lowest BCUT2D eigenvalue weighted by Crippen LogP contribution is -2.41. The van der Waals surface area contributed by atoms with Crippen LogP contribution < -0.4 is 5.46 Å². The van der Waals surface area contributed by atoms with Gasteiger partial charge in [0.2, 0.25) is 0 Å². The van der Waals surface area contributed by atoms with Crippen LogP contribution in [0.25, 0.3) is 10.4 Å². The fourth-order valence-corrected chi connectivity index (χ4v) is 3.21. The zero-order valence-electron chi connectivity index (χ0n) is 13.9. The van der Waals surface area contributed by atoms with Crippen LogP contribution in [0.3, 0.4) is 0 Å². The van der Waals surface area contributed by atoms with Crippen molar-refractivity contribution in [3.05, 3.63) is 36.8 Å². The second-order valence-electron chi connectivity index (χ2n) is 6.66. The van der Waals surface area contributed by atoms with Crippen molar-refractivity contribution in [1.29, 1.82) is 0 Å². The molecule has 0 saturated carbocycles. The van der Waals surface area contributed by atoms with Gasteiger partial charge in [0.25, 0.3) is 0 Å². The van der Waals surface area contributed by atoms with Crippen LogP contribution in [0, 0.1) is 17.4 Å². The van der Waals surface area contributed by atoms with E-state index in [0.717, 1.165) is 25.7 Å². The first-order chi connectivity index (χ1) is 10.1. The third kappa shape index (κ3) is 3.00. The number of hydrogen-bond donors (Lipinski definition) is 0. The summed E-state index contributed by atoms with van der Waals surface area (Å²) in [6.07, 6.45) is 0. The maximum absolute atomic E-state index is 8.57. The predicted octanol–water partition coefficient (Wildman–Crippen LogP) is 4.02. The molecule has 0 bridgehead atoms. The van der Waals surface area contributed by atoms with Crippen LogP contribution >= 0.6 is 22.6 Å². The van der Waals surface area contributed by atoms with Gasteiger partial charge >= 0.3 is 7.12 Å². The Kier molecular flexibility index (Phi) is 4.83. The molecule has 1 saturated heterocycles. The lowest BCUT2D eigenvalue weighted by atomic mass is 9.72. The molecule has 0 spiro atoms. The molecule has 1 aromatic rings. The molecule has 22 heavy (non-hydrogen) atoms. The van der Waals surface area contributed by atoms with Gasteiger partial charge in [-0.1, -0.05) is 5.11 Å². The van der Waals surface area contributed by atoms with E-state index >= 15 is 0 Å². The SMILES string of the molecule is Cc1c(I)cc(CN=[N+]=[N-])c(C)c1B1OC(C)(C)C(C)(C)O1. The van der Waals surface area contributed by atoms with Crippen molar-refractivity contribution in [1.82, 2.24) is 0 Å². The Labute approximate surface area is 145 Å². The highest BCUT2D eigenvalue weighted by atomic mass is 127. The minimum atomic E-state index is -0.399. The predicted molar refractivity (Wildman–Crippen MR) is 97.2 cm³/mol. The fourth-order valence-electron chi connectivity index (χ4n) is 2.54. The summed E-state index contributed by atoms with van der Waals surface area (Å²) in [6, 6.07) is 2.06. The molecule has 0 radical (unpaired) electrons. The first kappa shape index (κ1) is 17.6. The Bertz CT molecular complexity index is 639. The van der Waals surface area contributed by atoms with Gasteiger partial charge in [0.15, 0.2) is 0 Å². The van der Waals surface area contributed by atoms with Crippen LogP contribution in [0.1, 0.15) is 44.4 Å². The number of benzene rings is 1. The minimum Gasteiger partial charge on any atom is -0.399 e. The maximum atomic E-state index is 8.57. The van der Waals surface area contributed by atoms with E-state index in [1.165, 1.54) is 0 Å². The highest BCUT2D eigenvalue weighted by Crippen LogP contribution is 2.37. The van der Waals surface area contributed by atoms with E-state index in [4.69, 9.17) is 14.8 Å². The number of halogens is 1. The molecule has 1 heterocycles. The second-order valence-corrected chi connectivity index (χ2v) is 7.82. The van der Waals surface area contributed by atoms with Crippen LogP contribution in [-0.4, -0.2) is 18.3 Å². The average Bonchev–Trinajstić information content (AvgIpc) is 2.61. The molecular weight excluding hydrogens is 392 g/mol. The van der Waals surface area contributed by atoms with Gasteiger partial charge in [0.05, 0.1) is 17.7 Å². The van der Waals surface area contributed by atoms with Crippen LogP contribution in [0.4, 0.5) is 0 Å². The van der Waals surface area contributed by atoms with Gasteiger partial charge < -0.3 is 9.31 Å². The van der Waals surface area contributed by atoms with Crippen LogP contribution in [-0.2, 0) is 15.9 Å². The molecule has 1 fully saturated rings. The van der Waals surface area contributed by atoms with E-state index in [9.17, 15) is 0 Å². The molecule has 0 aliphatic carbocycles. The van der Waals surface area contributed by atoms with Crippen LogP contribution in [0.5, 0.6) is 0 Å². The highest BCUT2D eigenvalue weighted by Gasteiger charge is 2.52. The van der Waals surface area contributed by atoms with E-state index < -0.39 is 7.12 Å². The fraction of sp³-hybridized carbons (Fsp3) is 0.600. The van der Waals surface area contributed by atoms with Gasteiger partial charge in [-0.05, 0) is 97.9 Å². The number of nitrogens with zero attached hydrogens (tertiary/aromatic N) is 3. The third-order valence-corrected chi connectivity index (χ3v) is 5.86.